The lowest BCUT2D eigenvalue weighted by Gasteiger charge is -2.17. The summed E-state index contributed by atoms with van der Waals surface area (Å²) in [4.78, 5) is 0. The molecule has 6 nitrogen and oxygen atoms in total. The molecular formula is C50H31N5O. The maximum absolute atomic E-state index is 6.45. The van der Waals surface area contributed by atoms with E-state index in [4.69, 9.17) is 14.7 Å². The number of hydrogen-bond donors (Lipinski definition) is 0. The first kappa shape index (κ1) is 30.7. The van der Waals surface area contributed by atoms with Crippen LogP contribution in [0.3, 0.4) is 0 Å². The second kappa shape index (κ2) is 11.9. The molecule has 0 spiro atoms. The highest BCUT2D eigenvalue weighted by Crippen LogP contribution is 2.43. The van der Waals surface area contributed by atoms with Crippen molar-refractivity contribution in [1.29, 1.82) is 0 Å². The molecule has 4 aromatic heterocycles. The Kier molecular flexibility index (Phi) is 6.53. The summed E-state index contributed by atoms with van der Waals surface area (Å²) >= 11 is 0. The minimum atomic E-state index is 0.846. The summed E-state index contributed by atoms with van der Waals surface area (Å²) in [6.45, 7) is 0. The van der Waals surface area contributed by atoms with Gasteiger partial charge in [0.25, 0.3) is 0 Å². The van der Waals surface area contributed by atoms with Crippen LogP contribution in [0.2, 0.25) is 0 Å². The number of hydrogen-bond acceptors (Lipinski definition) is 3. The van der Waals surface area contributed by atoms with Gasteiger partial charge < -0.3 is 13.6 Å². The first-order chi connectivity index (χ1) is 27.8. The molecule has 6 heteroatoms. The van der Waals surface area contributed by atoms with Crippen molar-refractivity contribution in [2.45, 2.75) is 0 Å². The Labute approximate surface area is 320 Å². The topological polar surface area (TPSA) is 53.7 Å². The molecule has 0 aliphatic rings. The van der Waals surface area contributed by atoms with E-state index in [1.165, 1.54) is 10.8 Å². The van der Waals surface area contributed by atoms with Gasteiger partial charge in [0.15, 0.2) is 0 Å². The number of furan rings is 1. The monoisotopic (exact) mass is 717 g/mol. The fourth-order valence-corrected chi connectivity index (χ4v) is 8.82. The summed E-state index contributed by atoms with van der Waals surface area (Å²) in [5.41, 5.74) is 13.3. The van der Waals surface area contributed by atoms with Crippen LogP contribution < -0.4 is 0 Å². The standard InChI is InChI=1S/C50H31N5O/c1-3-15-32(16-4-1)48-49(33-17-5-2-6-18-33)55(52-51-48)34-27-29-42-39(31-34)36-20-8-10-22-40(36)53(42)43-24-12-13-25-44(43)54-41-23-11-7-19-35(41)37-28-30-46-47(50(37)54)38-21-9-14-26-45(38)56-46/h1-31H. The molecule has 12 rings (SSSR count). The highest BCUT2D eigenvalue weighted by molar-refractivity contribution is 6.24. The van der Waals surface area contributed by atoms with Gasteiger partial charge in [0, 0.05) is 38.1 Å². The highest BCUT2D eigenvalue weighted by Gasteiger charge is 2.23. The van der Waals surface area contributed by atoms with E-state index in [0.29, 0.717) is 0 Å². The normalized spacial score (nSPS) is 11.9. The zero-order valence-electron chi connectivity index (χ0n) is 30.0. The SMILES string of the molecule is c1ccc(-c2nnn(-c3ccc4c(c3)c3ccccc3n4-c3ccccc3-n3c4ccccc4c4ccc5oc6ccccc6c5c43)c2-c2ccccc2)cc1. The molecule has 0 amide bonds. The molecule has 262 valence electrons. The average molecular weight is 718 g/mol. The Hall–Kier alpha value is -7.70. The molecule has 8 aromatic carbocycles. The van der Waals surface area contributed by atoms with Gasteiger partial charge in [0.05, 0.1) is 44.5 Å². The summed E-state index contributed by atoms with van der Waals surface area (Å²) in [7, 11) is 0. The Morgan fingerprint density at radius 2 is 1.00 bits per heavy atom. The van der Waals surface area contributed by atoms with Gasteiger partial charge >= 0.3 is 0 Å². The fraction of sp³-hybridized carbons (Fsp3) is 0. The maximum atomic E-state index is 6.45. The lowest BCUT2D eigenvalue weighted by atomic mass is 10.0. The third-order valence-electron chi connectivity index (χ3n) is 11.2. The van der Waals surface area contributed by atoms with Crippen LogP contribution in [0.15, 0.2) is 192 Å². The predicted octanol–water partition coefficient (Wildman–Crippen LogP) is 12.7. The molecule has 12 aromatic rings. The van der Waals surface area contributed by atoms with E-state index in [-0.39, 0.29) is 0 Å². The Bertz CT molecular complexity index is 3480. The van der Waals surface area contributed by atoms with Crippen molar-refractivity contribution in [3.05, 3.63) is 188 Å². The number of para-hydroxylation sites is 5. The molecule has 0 atom stereocenters. The van der Waals surface area contributed by atoms with Crippen LogP contribution in [0.5, 0.6) is 0 Å². The molecular weight excluding hydrogens is 687 g/mol. The van der Waals surface area contributed by atoms with Crippen LogP contribution in [0.4, 0.5) is 0 Å². The van der Waals surface area contributed by atoms with Crippen LogP contribution in [0.1, 0.15) is 0 Å². The van der Waals surface area contributed by atoms with Gasteiger partial charge in [-0.25, -0.2) is 4.68 Å². The van der Waals surface area contributed by atoms with Crippen molar-refractivity contribution in [2.75, 3.05) is 0 Å². The van der Waals surface area contributed by atoms with E-state index in [9.17, 15) is 0 Å². The van der Waals surface area contributed by atoms with Crippen molar-refractivity contribution < 1.29 is 4.42 Å². The zero-order chi connectivity index (χ0) is 36.7. The van der Waals surface area contributed by atoms with E-state index >= 15 is 0 Å². The minimum Gasteiger partial charge on any atom is -0.456 e. The minimum absolute atomic E-state index is 0.846. The van der Waals surface area contributed by atoms with Crippen molar-refractivity contribution in [3.63, 3.8) is 0 Å². The van der Waals surface area contributed by atoms with Crippen molar-refractivity contribution in [1.82, 2.24) is 24.1 Å². The second-order valence-electron chi connectivity index (χ2n) is 14.3. The summed E-state index contributed by atoms with van der Waals surface area (Å²) in [6.07, 6.45) is 0. The van der Waals surface area contributed by atoms with E-state index in [2.05, 4.69) is 167 Å². The van der Waals surface area contributed by atoms with E-state index in [1.54, 1.807) is 0 Å². The molecule has 0 N–H and O–H groups in total. The largest absolute Gasteiger partial charge is 0.456 e. The van der Waals surface area contributed by atoms with Gasteiger partial charge in [-0.1, -0.05) is 133 Å². The number of rotatable bonds is 5. The van der Waals surface area contributed by atoms with Crippen LogP contribution in [0.25, 0.3) is 105 Å². The van der Waals surface area contributed by atoms with E-state index < -0.39 is 0 Å². The average Bonchev–Trinajstić information content (AvgIpc) is 4.03. The molecule has 0 radical (unpaired) electrons. The summed E-state index contributed by atoms with van der Waals surface area (Å²) in [5.74, 6) is 0. The van der Waals surface area contributed by atoms with Crippen LogP contribution >= 0.6 is 0 Å². The number of aromatic nitrogens is 5. The van der Waals surface area contributed by atoms with Crippen molar-refractivity contribution in [3.8, 4) is 39.6 Å². The predicted molar refractivity (Wildman–Crippen MR) is 228 cm³/mol. The van der Waals surface area contributed by atoms with Gasteiger partial charge in [0.1, 0.15) is 22.6 Å². The summed E-state index contributed by atoms with van der Waals surface area (Å²) in [5, 5.41) is 16.5. The van der Waals surface area contributed by atoms with Gasteiger partial charge in [-0.2, -0.15) is 0 Å². The zero-order valence-corrected chi connectivity index (χ0v) is 30.0. The Morgan fingerprint density at radius 3 is 1.77 bits per heavy atom. The van der Waals surface area contributed by atoms with Gasteiger partial charge in [-0.15, -0.1) is 5.10 Å². The Balaban J connectivity index is 1.13. The molecule has 4 heterocycles. The first-order valence-corrected chi connectivity index (χ1v) is 18.9. The van der Waals surface area contributed by atoms with Crippen LogP contribution in [-0.4, -0.2) is 24.1 Å². The van der Waals surface area contributed by atoms with Gasteiger partial charge in [-0.3, -0.25) is 0 Å². The second-order valence-corrected chi connectivity index (χ2v) is 14.3. The molecule has 0 saturated heterocycles. The van der Waals surface area contributed by atoms with Crippen LogP contribution in [-0.2, 0) is 0 Å². The van der Waals surface area contributed by atoms with E-state index in [0.717, 1.165) is 94.4 Å². The Morgan fingerprint density at radius 1 is 0.411 bits per heavy atom. The third-order valence-corrected chi connectivity index (χ3v) is 11.2. The van der Waals surface area contributed by atoms with Gasteiger partial charge in [0.2, 0.25) is 0 Å². The molecule has 0 aliphatic heterocycles. The quantitative estimate of drug-likeness (QED) is 0.178. The van der Waals surface area contributed by atoms with E-state index in [1.807, 2.05) is 35.0 Å². The smallest absolute Gasteiger partial charge is 0.137 e. The van der Waals surface area contributed by atoms with Crippen molar-refractivity contribution >= 4 is 65.6 Å². The maximum Gasteiger partial charge on any atom is 0.137 e. The molecule has 0 unspecified atom stereocenters. The van der Waals surface area contributed by atoms with Crippen molar-refractivity contribution in [2.24, 2.45) is 0 Å². The number of benzene rings is 8. The third kappa shape index (κ3) is 4.38. The lowest BCUT2D eigenvalue weighted by molar-refractivity contribution is 0.669. The summed E-state index contributed by atoms with van der Waals surface area (Å²) < 4.78 is 13.3. The molecule has 0 aliphatic carbocycles. The van der Waals surface area contributed by atoms with Crippen LogP contribution in [0, 0.1) is 0 Å². The molecule has 56 heavy (non-hydrogen) atoms. The molecule has 0 fully saturated rings. The highest BCUT2D eigenvalue weighted by atomic mass is 16.3. The number of fused-ring (bicyclic) bond motifs is 10. The first-order valence-electron chi connectivity index (χ1n) is 18.9. The number of nitrogens with zero attached hydrogens (tertiary/aromatic N) is 5. The molecule has 0 saturated carbocycles. The van der Waals surface area contributed by atoms with Gasteiger partial charge in [-0.05, 0) is 60.7 Å². The lowest BCUT2D eigenvalue weighted by Crippen LogP contribution is -2.03. The fourth-order valence-electron chi connectivity index (χ4n) is 8.82. The molecule has 0 bridgehead atoms. The summed E-state index contributed by atoms with van der Waals surface area (Å²) in [6, 6.07) is 66.2.